The van der Waals surface area contributed by atoms with Crippen molar-refractivity contribution in [3.05, 3.63) is 0 Å². The van der Waals surface area contributed by atoms with E-state index in [1.165, 1.54) is 84.3 Å². The number of likely N-dealkylation sites (tertiary alicyclic amines) is 2. The van der Waals surface area contributed by atoms with Gasteiger partial charge in [-0.05, 0) is 83.8 Å². The van der Waals surface area contributed by atoms with Gasteiger partial charge in [0, 0.05) is 6.04 Å². The number of hydrogen-bond donors (Lipinski definition) is 1. The summed E-state index contributed by atoms with van der Waals surface area (Å²) in [7, 11) is 0. The summed E-state index contributed by atoms with van der Waals surface area (Å²) in [6.07, 6.45) is 8.46. The van der Waals surface area contributed by atoms with Crippen LogP contribution in [-0.4, -0.2) is 61.7 Å². The first kappa shape index (κ1) is 16.3. The maximum Gasteiger partial charge on any atom is 0.00104 e. The zero-order valence-electron chi connectivity index (χ0n) is 13.7. The molecule has 1 N–H and O–H groups in total. The minimum atomic E-state index is 0.637. The van der Waals surface area contributed by atoms with Gasteiger partial charge in [0.25, 0.3) is 0 Å². The van der Waals surface area contributed by atoms with Crippen LogP contribution in [0.4, 0.5) is 0 Å². The zero-order chi connectivity index (χ0) is 14.2. The van der Waals surface area contributed by atoms with E-state index in [9.17, 15) is 0 Å². The predicted octanol–water partition coefficient (Wildman–Crippen LogP) is 2.57. The van der Waals surface area contributed by atoms with Crippen molar-refractivity contribution >= 4 is 0 Å². The van der Waals surface area contributed by atoms with Gasteiger partial charge in [0.1, 0.15) is 0 Å². The van der Waals surface area contributed by atoms with Crippen molar-refractivity contribution in [3.63, 3.8) is 0 Å². The van der Waals surface area contributed by atoms with Crippen LogP contribution in [0.25, 0.3) is 0 Å². The van der Waals surface area contributed by atoms with Crippen LogP contribution in [0.1, 0.15) is 52.4 Å². The Bertz CT molecular complexity index is 241. The minimum Gasteiger partial charge on any atom is -0.314 e. The minimum absolute atomic E-state index is 0.637. The molecule has 0 radical (unpaired) electrons. The fourth-order valence-electron chi connectivity index (χ4n) is 3.52. The summed E-state index contributed by atoms with van der Waals surface area (Å²) in [5, 5.41) is 3.59. The zero-order valence-corrected chi connectivity index (χ0v) is 13.7. The average molecular weight is 281 g/mol. The highest BCUT2D eigenvalue weighted by molar-refractivity contribution is 4.75. The molecule has 0 aliphatic carbocycles. The Labute approximate surface area is 126 Å². The molecule has 2 saturated heterocycles. The van der Waals surface area contributed by atoms with Gasteiger partial charge in [-0.3, -0.25) is 0 Å². The molecule has 0 bridgehead atoms. The van der Waals surface area contributed by atoms with Crippen LogP contribution in [0.3, 0.4) is 0 Å². The van der Waals surface area contributed by atoms with Crippen LogP contribution in [-0.2, 0) is 0 Å². The summed E-state index contributed by atoms with van der Waals surface area (Å²) in [5.41, 5.74) is 0. The van der Waals surface area contributed by atoms with E-state index in [-0.39, 0.29) is 0 Å². The lowest BCUT2D eigenvalue weighted by atomic mass is 9.96. The van der Waals surface area contributed by atoms with Crippen LogP contribution in [0.5, 0.6) is 0 Å². The smallest absolute Gasteiger partial charge is 0.00104 e. The summed E-state index contributed by atoms with van der Waals surface area (Å²) in [5.74, 6) is 0.913. The molecular weight excluding hydrogens is 246 g/mol. The van der Waals surface area contributed by atoms with E-state index in [0.717, 1.165) is 5.92 Å². The molecule has 2 heterocycles. The Morgan fingerprint density at radius 2 is 1.50 bits per heavy atom. The lowest BCUT2D eigenvalue weighted by Crippen LogP contribution is -2.40. The molecule has 0 aromatic rings. The SMILES string of the molecule is CC(C)NCC1CCN(CCCN2CCCCC2)CC1. The first-order valence-corrected chi connectivity index (χ1v) is 8.92. The molecular formula is C17H35N3. The van der Waals surface area contributed by atoms with E-state index in [0.29, 0.717) is 6.04 Å². The van der Waals surface area contributed by atoms with E-state index < -0.39 is 0 Å². The molecule has 2 aliphatic rings. The summed E-state index contributed by atoms with van der Waals surface area (Å²) < 4.78 is 0. The van der Waals surface area contributed by atoms with Gasteiger partial charge in [0.05, 0.1) is 0 Å². The highest BCUT2D eigenvalue weighted by atomic mass is 15.2. The van der Waals surface area contributed by atoms with Crippen LogP contribution < -0.4 is 5.32 Å². The summed E-state index contributed by atoms with van der Waals surface area (Å²) in [4.78, 5) is 5.36. The van der Waals surface area contributed by atoms with Crippen molar-refractivity contribution in [1.29, 1.82) is 0 Å². The highest BCUT2D eigenvalue weighted by Gasteiger charge is 2.19. The molecule has 2 fully saturated rings. The highest BCUT2D eigenvalue weighted by Crippen LogP contribution is 2.17. The van der Waals surface area contributed by atoms with Crippen LogP contribution in [0.15, 0.2) is 0 Å². The Balaban J connectivity index is 1.51. The van der Waals surface area contributed by atoms with Crippen molar-refractivity contribution < 1.29 is 0 Å². The third kappa shape index (κ3) is 6.11. The number of piperidine rings is 2. The van der Waals surface area contributed by atoms with Gasteiger partial charge < -0.3 is 15.1 Å². The Morgan fingerprint density at radius 3 is 2.10 bits per heavy atom. The molecule has 0 aromatic heterocycles. The van der Waals surface area contributed by atoms with E-state index in [1.54, 1.807) is 0 Å². The van der Waals surface area contributed by atoms with E-state index >= 15 is 0 Å². The third-order valence-corrected chi connectivity index (χ3v) is 4.92. The molecule has 3 heteroatoms. The van der Waals surface area contributed by atoms with Gasteiger partial charge in [-0.15, -0.1) is 0 Å². The standard InChI is InChI=1S/C17H35N3/c1-16(2)18-15-17-7-13-20(14-8-17)12-6-11-19-9-4-3-5-10-19/h16-18H,3-15H2,1-2H3. The van der Waals surface area contributed by atoms with E-state index in [2.05, 4.69) is 29.0 Å². The lowest BCUT2D eigenvalue weighted by Gasteiger charge is -2.33. The largest absolute Gasteiger partial charge is 0.314 e. The number of rotatable bonds is 7. The Hall–Kier alpha value is -0.120. The summed E-state index contributed by atoms with van der Waals surface area (Å²) in [6, 6.07) is 0.637. The maximum atomic E-state index is 3.59. The quantitative estimate of drug-likeness (QED) is 0.774. The topological polar surface area (TPSA) is 18.5 Å². The molecule has 0 saturated carbocycles. The van der Waals surface area contributed by atoms with Crippen molar-refractivity contribution in [2.24, 2.45) is 5.92 Å². The van der Waals surface area contributed by atoms with Crippen molar-refractivity contribution in [1.82, 2.24) is 15.1 Å². The molecule has 2 rings (SSSR count). The molecule has 118 valence electrons. The van der Waals surface area contributed by atoms with Crippen LogP contribution >= 0.6 is 0 Å². The fraction of sp³-hybridized carbons (Fsp3) is 1.00. The molecule has 20 heavy (non-hydrogen) atoms. The van der Waals surface area contributed by atoms with Crippen molar-refractivity contribution in [3.8, 4) is 0 Å². The number of nitrogens with one attached hydrogen (secondary N) is 1. The maximum absolute atomic E-state index is 3.59. The first-order chi connectivity index (χ1) is 9.74. The summed E-state index contributed by atoms with van der Waals surface area (Å²) >= 11 is 0. The predicted molar refractivity (Wildman–Crippen MR) is 87.2 cm³/mol. The monoisotopic (exact) mass is 281 g/mol. The van der Waals surface area contributed by atoms with E-state index in [4.69, 9.17) is 0 Å². The van der Waals surface area contributed by atoms with Crippen molar-refractivity contribution in [2.75, 3.05) is 45.8 Å². The first-order valence-electron chi connectivity index (χ1n) is 8.92. The van der Waals surface area contributed by atoms with Gasteiger partial charge in [-0.25, -0.2) is 0 Å². The number of hydrogen-bond acceptors (Lipinski definition) is 3. The Kier molecular flexibility index (Phi) is 7.32. The van der Waals surface area contributed by atoms with E-state index in [1.807, 2.05) is 0 Å². The average Bonchev–Trinajstić information content (AvgIpc) is 2.47. The van der Waals surface area contributed by atoms with Gasteiger partial charge in [-0.1, -0.05) is 20.3 Å². The normalized spacial score (nSPS) is 23.6. The molecule has 0 aromatic carbocycles. The van der Waals surface area contributed by atoms with Gasteiger partial charge in [-0.2, -0.15) is 0 Å². The lowest BCUT2D eigenvalue weighted by molar-refractivity contribution is 0.162. The van der Waals surface area contributed by atoms with Crippen molar-refractivity contribution in [2.45, 2.75) is 58.4 Å². The molecule has 2 aliphatic heterocycles. The fourth-order valence-corrected chi connectivity index (χ4v) is 3.52. The molecule has 0 unspecified atom stereocenters. The van der Waals surface area contributed by atoms with Gasteiger partial charge in [0.15, 0.2) is 0 Å². The van der Waals surface area contributed by atoms with Gasteiger partial charge in [0.2, 0.25) is 0 Å². The molecule has 0 spiro atoms. The van der Waals surface area contributed by atoms with Crippen LogP contribution in [0.2, 0.25) is 0 Å². The molecule has 3 nitrogen and oxygen atoms in total. The second-order valence-electron chi connectivity index (χ2n) is 7.10. The molecule has 0 amide bonds. The second kappa shape index (κ2) is 9.01. The van der Waals surface area contributed by atoms with Crippen LogP contribution in [0, 0.1) is 5.92 Å². The molecule has 0 atom stereocenters. The summed E-state index contributed by atoms with van der Waals surface area (Å²) in [6.45, 7) is 13.7. The second-order valence-corrected chi connectivity index (χ2v) is 7.10. The number of nitrogens with zero attached hydrogens (tertiary/aromatic N) is 2. The Morgan fingerprint density at radius 1 is 0.900 bits per heavy atom. The van der Waals surface area contributed by atoms with Gasteiger partial charge >= 0.3 is 0 Å². The third-order valence-electron chi connectivity index (χ3n) is 4.92.